The summed E-state index contributed by atoms with van der Waals surface area (Å²) in [6, 6.07) is 6.62. The molecule has 1 aromatic heterocycles. The summed E-state index contributed by atoms with van der Waals surface area (Å²) in [5.41, 5.74) is 0.854. The highest BCUT2D eigenvalue weighted by molar-refractivity contribution is 5.29. The molecule has 112 valence electrons. The molecule has 0 bridgehead atoms. The van der Waals surface area contributed by atoms with Crippen LogP contribution in [0.4, 0.5) is 4.39 Å². The first-order valence-corrected chi connectivity index (χ1v) is 6.66. The van der Waals surface area contributed by atoms with Crippen molar-refractivity contribution >= 4 is 0 Å². The third kappa shape index (κ3) is 5.09. The Bertz CT molecular complexity index is 552. The molecule has 0 saturated heterocycles. The van der Waals surface area contributed by atoms with Crippen LogP contribution in [-0.4, -0.2) is 30.2 Å². The molecule has 6 heteroatoms. The van der Waals surface area contributed by atoms with Crippen LogP contribution in [0.3, 0.4) is 0 Å². The fourth-order valence-electron chi connectivity index (χ4n) is 1.73. The molecule has 1 N–H and O–H groups in total. The Kier molecular flexibility index (Phi) is 6.05. The van der Waals surface area contributed by atoms with E-state index in [2.05, 4.69) is 15.3 Å². The Hall–Kier alpha value is -2.05. The van der Waals surface area contributed by atoms with E-state index in [0.29, 0.717) is 19.0 Å². The van der Waals surface area contributed by atoms with Crippen molar-refractivity contribution in [2.45, 2.75) is 13.2 Å². The fourth-order valence-corrected chi connectivity index (χ4v) is 1.73. The van der Waals surface area contributed by atoms with Gasteiger partial charge in [0.2, 0.25) is 0 Å². The average Bonchev–Trinajstić information content (AvgIpc) is 2.52. The van der Waals surface area contributed by atoms with E-state index in [-0.39, 0.29) is 12.4 Å². The van der Waals surface area contributed by atoms with E-state index < -0.39 is 5.82 Å². The topological polar surface area (TPSA) is 56.3 Å². The summed E-state index contributed by atoms with van der Waals surface area (Å²) >= 11 is 0. The second-order valence-corrected chi connectivity index (χ2v) is 4.39. The van der Waals surface area contributed by atoms with Crippen molar-refractivity contribution in [2.24, 2.45) is 0 Å². The minimum Gasteiger partial charge on any atom is -0.483 e. The summed E-state index contributed by atoms with van der Waals surface area (Å²) in [5.74, 6) is 0.322. The first-order chi connectivity index (χ1) is 10.3. The van der Waals surface area contributed by atoms with Gasteiger partial charge in [-0.1, -0.05) is 6.07 Å². The molecule has 0 saturated carbocycles. The van der Waals surface area contributed by atoms with Gasteiger partial charge in [0.05, 0.1) is 6.61 Å². The van der Waals surface area contributed by atoms with Gasteiger partial charge in [0, 0.05) is 32.6 Å². The second kappa shape index (κ2) is 8.28. The largest absolute Gasteiger partial charge is 0.483 e. The molecule has 5 nitrogen and oxygen atoms in total. The lowest BCUT2D eigenvalue weighted by Gasteiger charge is -2.09. The number of benzene rings is 1. The number of methoxy groups -OCH3 is 1. The Balaban J connectivity index is 1.87. The molecule has 0 aliphatic heterocycles. The van der Waals surface area contributed by atoms with Crippen LogP contribution in [0.15, 0.2) is 36.7 Å². The summed E-state index contributed by atoms with van der Waals surface area (Å²) in [6.45, 7) is 2.08. The van der Waals surface area contributed by atoms with Crippen molar-refractivity contribution in [1.82, 2.24) is 15.3 Å². The number of nitrogens with one attached hydrogen (secondary N) is 1. The molecule has 1 aromatic carbocycles. The van der Waals surface area contributed by atoms with Gasteiger partial charge in [0.15, 0.2) is 17.4 Å². The summed E-state index contributed by atoms with van der Waals surface area (Å²) in [6.07, 6.45) is 3.24. The third-order valence-corrected chi connectivity index (χ3v) is 2.78. The maximum Gasteiger partial charge on any atom is 0.166 e. The van der Waals surface area contributed by atoms with Gasteiger partial charge in [0.25, 0.3) is 0 Å². The molecule has 0 atom stereocenters. The lowest BCUT2D eigenvalue weighted by molar-refractivity contribution is 0.199. The van der Waals surface area contributed by atoms with Gasteiger partial charge in [-0.05, 0) is 23.8 Å². The van der Waals surface area contributed by atoms with Gasteiger partial charge in [-0.15, -0.1) is 0 Å². The minimum atomic E-state index is -0.392. The van der Waals surface area contributed by atoms with E-state index in [1.807, 2.05) is 6.07 Å². The van der Waals surface area contributed by atoms with E-state index in [1.165, 1.54) is 6.07 Å². The van der Waals surface area contributed by atoms with Crippen LogP contribution in [0.2, 0.25) is 0 Å². The van der Waals surface area contributed by atoms with Crippen molar-refractivity contribution in [3.8, 4) is 5.75 Å². The van der Waals surface area contributed by atoms with Crippen LogP contribution < -0.4 is 10.1 Å². The number of hydrogen-bond donors (Lipinski definition) is 1. The van der Waals surface area contributed by atoms with Crippen LogP contribution >= 0.6 is 0 Å². The summed E-state index contributed by atoms with van der Waals surface area (Å²) < 4.78 is 24.2. The Labute approximate surface area is 123 Å². The highest BCUT2D eigenvalue weighted by atomic mass is 19.1. The molecule has 0 radical (unpaired) electrons. The molecule has 0 fully saturated rings. The minimum absolute atomic E-state index is 0.142. The molecule has 2 aromatic rings. The molecular weight excluding hydrogens is 273 g/mol. The maximum atomic E-state index is 13.9. The number of rotatable bonds is 8. The van der Waals surface area contributed by atoms with Crippen LogP contribution in [0.5, 0.6) is 5.75 Å². The van der Waals surface area contributed by atoms with Crippen molar-refractivity contribution in [2.75, 3.05) is 20.3 Å². The highest BCUT2D eigenvalue weighted by Gasteiger charge is 2.06. The quantitative estimate of drug-likeness (QED) is 0.753. The third-order valence-electron chi connectivity index (χ3n) is 2.78. The summed E-state index contributed by atoms with van der Waals surface area (Å²) in [4.78, 5) is 8.04. The van der Waals surface area contributed by atoms with Gasteiger partial charge in [-0.2, -0.15) is 0 Å². The molecular formula is C15H18FN3O2. The van der Waals surface area contributed by atoms with Gasteiger partial charge >= 0.3 is 0 Å². The fraction of sp³-hybridized carbons (Fsp3) is 0.333. The number of aromatic nitrogens is 2. The Morgan fingerprint density at radius 3 is 2.76 bits per heavy atom. The SMILES string of the molecule is COCCNCc1ccc(OCc2ncccn2)c(F)c1. The first-order valence-electron chi connectivity index (χ1n) is 6.66. The smallest absolute Gasteiger partial charge is 0.166 e. The average molecular weight is 291 g/mol. The molecule has 0 aliphatic carbocycles. The molecule has 0 spiro atoms. The molecule has 2 rings (SSSR count). The number of hydrogen-bond acceptors (Lipinski definition) is 5. The molecule has 21 heavy (non-hydrogen) atoms. The molecule has 0 amide bonds. The predicted octanol–water partition coefficient (Wildman–Crippen LogP) is 1.93. The van der Waals surface area contributed by atoms with Crippen molar-refractivity contribution < 1.29 is 13.9 Å². The van der Waals surface area contributed by atoms with E-state index in [1.54, 1.807) is 31.6 Å². The normalized spacial score (nSPS) is 10.6. The standard InChI is InChI=1S/C15H18FN3O2/c1-20-8-7-17-10-12-3-4-14(13(16)9-12)21-11-15-18-5-2-6-19-15/h2-6,9,17H,7-8,10-11H2,1H3. The van der Waals surface area contributed by atoms with E-state index in [4.69, 9.17) is 9.47 Å². The van der Waals surface area contributed by atoms with Crippen molar-refractivity contribution in [3.05, 3.63) is 53.9 Å². The second-order valence-electron chi connectivity index (χ2n) is 4.39. The van der Waals surface area contributed by atoms with Crippen LogP contribution in [-0.2, 0) is 17.9 Å². The Morgan fingerprint density at radius 1 is 1.24 bits per heavy atom. The van der Waals surface area contributed by atoms with Gasteiger partial charge < -0.3 is 14.8 Å². The van der Waals surface area contributed by atoms with E-state index in [0.717, 1.165) is 12.1 Å². The summed E-state index contributed by atoms with van der Waals surface area (Å²) in [5, 5.41) is 3.15. The number of halogens is 1. The lowest BCUT2D eigenvalue weighted by Crippen LogP contribution is -2.18. The number of ether oxygens (including phenoxy) is 2. The zero-order valence-corrected chi connectivity index (χ0v) is 11.9. The van der Waals surface area contributed by atoms with Gasteiger partial charge in [0.1, 0.15) is 6.61 Å². The zero-order valence-electron chi connectivity index (χ0n) is 11.9. The van der Waals surface area contributed by atoms with Gasteiger partial charge in [-0.3, -0.25) is 0 Å². The monoisotopic (exact) mass is 291 g/mol. The Morgan fingerprint density at radius 2 is 2.05 bits per heavy atom. The van der Waals surface area contributed by atoms with Crippen LogP contribution in [0, 0.1) is 5.82 Å². The number of nitrogens with zero attached hydrogens (tertiary/aromatic N) is 2. The molecule has 0 unspecified atom stereocenters. The van der Waals surface area contributed by atoms with Crippen molar-refractivity contribution in [3.63, 3.8) is 0 Å². The predicted molar refractivity (Wildman–Crippen MR) is 76.3 cm³/mol. The molecule has 0 aliphatic rings. The molecule has 1 heterocycles. The lowest BCUT2D eigenvalue weighted by atomic mass is 10.2. The van der Waals surface area contributed by atoms with E-state index in [9.17, 15) is 4.39 Å². The summed E-state index contributed by atoms with van der Waals surface area (Å²) in [7, 11) is 1.64. The zero-order chi connectivity index (χ0) is 14.9. The first kappa shape index (κ1) is 15.3. The van der Waals surface area contributed by atoms with E-state index >= 15 is 0 Å². The van der Waals surface area contributed by atoms with Crippen molar-refractivity contribution in [1.29, 1.82) is 0 Å². The van der Waals surface area contributed by atoms with Crippen LogP contribution in [0.25, 0.3) is 0 Å². The maximum absolute atomic E-state index is 13.9. The van der Waals surface area contributed by atoms with Gasteiger partial charge in [-0.25, -0.2) is 14.4 Å². The highest BCUT2D eigenvalue weighted by Crippen LogP contribution is 2.19. The van der Waals surface area contributed by atoms with Crippen LogP contribution in [0.1, 0.15) is 11.4 Å².